The average Bonchev–Trinajstić information content (AvgIpc) is 3.47. The Bertz CT molecular complexity index is 1560. The number of anilines is 1. The largest absolute Gasteiger partial charge is 0.382 e. The van der Waals surface area contributed by atoms with Crippen molar-refractivity contribution in [1.29, 1.82) is 0 Å². The lowest BCUT2D eigenvalue weighted by atomic mass is 10.0. The van der Waals surface area contributed by atoms with E-state index in [-0.39, 0.29) is 12.3 Å². The fraction of sp³-hybridized carbons (Fsp3) is 0.148. The fourth-order valence-electron chi connectivity index (χ4n) is 4.23. The smallest absolute Gasteiger partial charge is 0.220 e. The number of benzene rings is 3. The summed E-state index contributed by atoms with van der Waals surface area (Å²) in [7, 11) is 0. The number of nitrogens with one attached hydrogen (secondary N) is 3. The molecule has 0 aliphatic rings. The maximum atomic E-state index is 13.0. The number of hydrogen-bond donors (Lipinski definition) is 4. The summed E-state index contributed by atoms with van der Waals surface area (Å²) in [5.41, 5.74) is 9.91. The minimum atomic E-state index is -0.428. The first-order chi connectivity index (χ1) is 17.9. The van der Waals surface area contributed by atoms with E-state index in [1.807, 2.05) is 48.5 Å². The monoisotopic (exact) mass is 552 g/mol. The van der Waals surface area contributed by atoms with Gasteiger partial charge in [0.15, 0.2) is 5.82 Å². The van der Waals surface area contributed by atoms with Crippen molar-refractivity contribution in [3.63, 3.8) is 0 Å². The van der Waals surface area contributed by atoms with E-state index in [9.17, 15) is 4.79 Å². The van der Waals surface area contributed by atoms with E-state index in [1.54, 1.807) is 18.2 Å². The molecule has 0 saturated carbocycles. The Labute approximate surface area is 228 Å². The van der Waals surface area contributed by atoms with Gasteiger partial charge in [0.25, 0.3) is 0 Å². The molecule has 3 aromatic carbocycles. The zero-order chi connectivity index (χ0) is 25.9. The molecular formula is C27H23Cl3N6O. The predicted octanol–water partition coefficient (Wildman–Crippen LogP) is 6.53. The molecule has 1 unspecified atom stereocenters. The van der Waals surface area contributed by atoms with Crippen LogP contribution in [0.25, 0.3) is 22.2 Å². The van der Waals surface area contributed by atoms with Crippen molar-refractivity contribution in [3.8, 4) is 11.3 Å². The number of aryl methyl sites for hydroxylation is 1. The van der Waals surface area contributed by atoms with Gasteiger partial charge in [-0.05, 0) is 54.3 Å². The summed E-state index contributed by atoms with van der Waals surface area (Å²) < 4.78 is 0. The fourth-order valence-corrected chi connectivity index (χ4v) is 4.88. The third-order valence-corrected chi connectivity index (χ3v) is 7.00. The number of amides is 1. The third-order valence-electron chi connectivity index (χ3n) is 6.12. The van der Waals surface area contributed by atoms with Crippen LogP contribution in [0.2, 0.25) is 15.2 Å². The van der Waals surface area contributed by atoms with Crippen LogP contribution < -0.4 is 11.1 Å². The van der Waals surface area contributed by atoms with Crippen LogP contribution in [0.15, 0.2) is 66.7 Å². The first kappa shape index (κ1) is 25.1. The number of nitrogens with zero attached hydrogens (tertiary/aromatic N) is 2. The topological polar surface area (TPSA) is 112 Å². The molecule has 2 heterocycles. The number of carbonyl (C=O) groups is 1. The molecular weight excluding hydrogens is 531 g/mol. The average molecular weight is 554 g/mol. The van der Waals surface area contributed by atoms with Gasteiger partial charge in [-0.2, -0.15) is 5.10 Å². The van der Waals surface area contributed by atoms with Crippen molar-refractivity contribution in [1.82, 2.24) is 25.5 Å². The molecule has 0 spiro atoms. The zero-order valence-electron chi connectivity index (χ0n) is 19.6. The Kier molecular flexibility index (Phi) is 7.37. The number of carbonyl (C=O) groups excluding carboxylic acids is 1. The minimum absolute atomic E-state index is 0.139. The van der Waals surface area contributed by atoms with Crippen molar-refractivity contribution in [2.75, 3.05) is 5.73 Å². The van der Waals surface area contributed by atoms with E-state index < -0.39 is 6.04 Å². The highest BCUT2D eigenvalue weighted by molar-refractivity contribution is 6.33. The number of nitrogen functional groups attached to an aromatic ring is 1. The predicted molar refractivity (Wildman–Crippen MR) is 149 cm³/mol. The second-order valence-electron chi connectivity index (χ2n) is 8.70. The molecule has 1 amide bonds. The van der Waals surface area contributed by atoms with E-state index in [0.29, 0.717) is 45.4 Å². The summed E-state index contributed by atoms with van der Waals surface area (Å²) in [6.45, 7) is 0. The Morgan fingerprint density at radius 1 is 1.03 bits per heavy atom. The molecule has 0 radical (unpaired) electrons. The van der Waals surface area contributed by atoms with Crippen molar-refractivity contribution in [3.05, 3.63) is 98.9 Å². The molecule has 10 heteroatoms. The van der Waals surface area contributed by atoms with Gasteiger partial charge in [-0.15, -0.1) is 0 Å². The Morgan fingerprint density at radius 2 is 1.84 bits per heavy atom. The Morgan fingerprint density at radius 3 is 2.65 bits per heavy atom. The number of imidazole rings is 1. The highest BCUT2D eigenvalue weighted by Gasteiger charge is 2.22. The van der Waals surface area contributed by atoms with Gasteiger partial charge in [0.2, 0.25) is 5.91 Å². The van der Waals surface area contributed by atoms with E-state index in [2.05, 4.69) is 20.5 Å². The van der Waals surface area contributed by atoms with Crippen LogP contribution in [0.4, 0.5) is 5.82 Å². The summed E-state index contributed by atoms with van der Waals surface area (Å²) in [6.07, 6.45) is 1.23. The number of rotatable bonds is 8. The zero-order valence-corrected chi connectivity index (χ0v) is 21.8. The van der Waals surface area contributed by atoms with Gasteiger partial charge in [-0.1, -0.05) is 71.2 Å². The van der Waals surface area contributed by atoms with Crippen molar-refractivity contribution in [2.24, 2.45) is 0 Å². The summed E-state index contributed by atoms with van der Waals surface area (Å²) >= 11 is 18.9. The molecule has 0 aliphatic carbocycles. The van der Waals surface area contributed by atoms with E-state index >= 15 is 0 Å². The number of aromatic nitrogens is 4. The van der Waals surface area contributed by atoms with E-state index in [1.165, 1.54) is 0 Å². The van der Waals surface area contributed by atoms with Crippen LogP contribution in [0.3, 0.4) is 0 Å². The second kappa shape index (κ2) is 10.8. The summed E-state index contributed by atoms with van der Waals surface area (Å²) in [5.74, 6) is 0.850. The molecule has 5 rings (SSSR count). The number of aromatic amines is 2. The lowest BCUT2D eigenvalue weighted by Crippen LogP contribution is -2.31. The highest BCUT2D eigenvalue weighted by atomic mass is 35.5. The minimum Gasteiger partial charge on any atom is -0.382 e. The van der Waals surface area contributed by atoms with Gasteiger partial charge in [0, 0.05) is 27.4 Å². The van der Waals surface area contributed by atoms with Crippen LogP contribution in [0.1, 0.15) is 29.4 Å². The van der Waals surface area contributed by atoms with Crippen molar-refractivity contribution >= 4 is 57.4 Å². The summed E-state index contributed by atoms with van der Waals surface area (Å²) in [4.78, 5) is 21.0. The molecule has 0 saturated heterocycles. The van der Waals surface area contributed by atoms with E-state index in [0.717, 1.165) is 27.6 Å². The van der Waals surface area contributed by atoms with Crippen molar-refractivity contribution < 1.29 is 4.79 Å². The molecule has 37 heavy (non-hydrogen) atoms. The maximum Gasteiger partial charge on any atom is 0.220 e. The first-order valence-electron chi connectivity index (χ1n) is 11.6. The Hall–Kier alpha value is -3.52. The Balaban J connectivity index is 1.39. The van der Waals surface area contributed by atoms with Crippen LogP contribution >= 0.6 is 34.8 Å². The van der Waals surface area contributed by atoms with Gasteiger partial charge in [0.1, 0.15) is 16.7 Å². The number of fused-ring (bicyclic) bond motifs is 1. The second-order valence-corrected chi connectivity index (χ2v) is 9.92. The maximum absolute atomic E-state index is 13.0. The number of halogens is 3. The highest BCUT2D eigenvalue weighted by Crippen LogP contribution is 2.31. The summed E-state index contributed by atoms with van der Waals surface area (Å²) in [6, 6.07) is 20.3. The normalized spacial score (nSPS) is 12.1. The molecule has 5 aromatic rings. The van der Waals surface area contributed by atoms with Gasteiger partial charge < -0.3 is 16.0 Å². The molecule has 1 atom stereocenters. The molecule has 0 fully saturated rings. The molecule has 7 nitrogen and oxygen atoms in total. The van der Waals surface area contributed by atoms with Crippen LogP contribution in [-0.2, 0) is 17.6 Å². The van der Waals surface area contributed by atoms with Gasteiger partial charge in [-0.25, -0.2) is 4.98 Å². The third kappa shape index (κ3) is 5.74. The number of nitrogens with two attached hydrogens (primary N) is 1. The number of H-pyrrole nitrogens is 2. The molecule has 188 valence electrons. The lowest BCUT2D eigenvalue weighted by molar-refractivity contribution is -0.121. The lowest BCUT2D eigenvalue weighted by Gasteiger charge is -2.17. The standard InChI is InChI=1S/C27H23Cl3N6O/c28-18-8-10-20(29)16(13-18)7-11-23(37)32-22(12-15-4-2-1-3-5-15)27-33-24(25(30)34-27)17-6-9-19-21(14-17)35-36-26(19)31/h1-6,8-10,13-14,22H,7,11-12H2,(H,32,37)(H,33,34)(H3,31,35,36). The molecule has 0 bridgehead atoms. The number of hydrogen-bond acceptors (Lipinski definition) is 4. The van der Waals surface area contributed by atoms with Gasteiger partial charge >= 0.3 is 0 Å². The molecule has 0 aliphatic heterocycles. The van der Waals surface area contributed by atoms with Crippen LogP contribution in [0, 0.1) is 0 Å². The van der Waals surface area contributed by atoms with Crippen LogP contribution in [-0.4, -0.2) is 26.1 Å². The summed E-state index contributed by atoms with van der Waals surface area (Å²) in [5, 5.41) is 12.4. The quantitative estimate of drug-likeness (QED) is 0.175. The molecule has 5 N–H and O–H groups in total. The van der Waals surface area contributed by atoms with Gasteiger partial charge in [0.05, 0.1) is 11.6 Å². The van der Waals surface area contributed by atoms with Gasteiger partial charge in [-0.3, -0.25) is 9.89 Å². The first-order valence-corrected chi connectivity index (χ1v) is 12.8. The van der Waals surface area contributed by atoms with Crippen molar-refractivity contribution in [2.45, 2.75) is 25.3 Å². The molecule has 2 aromatic heterocycles. The van der Waals surface area contributed by atoms with E-state index in [4.69, 9.17) is 45.5 Å². The van der Waals surface area contributed by atoms with Crippen LogP contribution in [0.5, 0.6) is 0 Å². The SMILES string of the molecule is Nc1n[nH]c2cc(-c3nc(C(Cc4ccccc4)NC(=O)CCc4cc(Cl)ccc4Cl)[nH]c3Cl)ccc12.